The quantitative estimate of drug-likeness (QED) is 0.464. The fourth-order valence-corrected chi connectivity index (χ4v) is 8.04. The van der Waals surface area contributed by atoms with Gasteiger partial charge in [0.1, 0.15) is 5.75 Å². The number of piperazine rings is 1. The molecule has 1 saturated heterocycles. The molecule has 2 N–H and O–H groups in total. The monoisotopic (exact) mass is 603 g/mol. The van der Waals surface area contributed by atoms with Gasteiger partial charge in [0.2, 0.25) is 0 Å². The molecule has 5 aliphatic rings. The van der Waals surface area contributed by atoms with Crippen LogP contribution in [0.1, 0.15) is 59.5 Å². The van der Waals surface area contributed by atoms with E-state index in [9.17, 15) is 18.0 Å². The number of methoxy groups -OCH3 is 1. The molecular weight excluding hydrogens is 566 g/mol. The predicted molar refractivity (Wildman–Crippen MR) is 165 cm³/mol. The third kappa shape index (κ3) is 5.23. The first-order valence-electron chi connectivity index (χ1n) is 15.2. The second kappa shape index (κ2) is 11.1. The first-order chi connectivity index (χ1) is 20.8. The number of carbonyl (C=O) groups excluding carboxylic acids is 2. The fraction of sp³-hybridized carbons (Fsp3) is 0.438. The zero-order valence-corrected chi connectivity index (χ0v) is 25.2. The Balaban J connectivity index is 1.47. The van der Waals surface area contributed by atoms with Gasteiger partial charge >= 0.3 is 10.2 Å². The van der Waals surface area contributed by atoms with Crippen LogP contribution in [0.25, 0.3) is 28.2 Å². The molecule has 226 valence electrons. The lowest BCUT2D eigenvalue weighted by atomic mass is 9.81. The second-order valence-electron chi connectivity index (χ2n) is 12.0. The molecule has 8 rings (SSSR count). The van der Waals surface area contributed by atoms with Gasteiger partial charge in [0.15, 0.2) is 0 Å². The summed E-state index contributed by atoms with van der Waals surface area (Å²) in [6, 6.07) is 11.5. The van der Waals surface area contributed by atoms with Crippen LogP contribution >= 0.6 is 0 Å². The Kier molecular flexibility index (Phi) is 7.27. The fourth-order valence-electron chi connectivity index (χ4n) is 7.25. The van der Waals surface area contributed by atoms with E-state index in [4.69, 9.17) is 4.74 Å². The average molecular weight is 604 g/mol. The number of aromatic nitrogens is 1. The standard InChI is InChI=1S/C32H37N5O5S/c1-42-25-8-10-26-23(18-25)17-24-20-37-28-19-22(7-9-27(28)29(30(26)37)21-5-3-2-4-6-21)31(38)34-43(40,41)33-11-12-35-13-15-36(16-14-35)32(24)39/h7-10,17-19,21,33H,2-6,11-16,20H2,1H3,(H,34,38). The van der Waals surface area contributed by atoms with Crippen molar-refractivity contribution in [1.29, 1.82) is 0 Å². The first kappa shape index (κ1) is 28.1. The molecule has 3 aromatic rings. The molecule has 11 heteroatoms. The SMILES string of the molecule is COc1ccc2c(c1)C=C1Cn3c-2c(C2CCCCC2)c2ccc(cc23)C(=O)NS(=O)(=O)NCCN2CCN(CC2)C1=O. The molecule has 10 nitrogen and oxygen atoms in total. The Morgan fingerprint density at radius 3 is 2.49 bits per heavy atom. The molecule has 2 fully saturated rings. The minimum Gasteiger partial charge on any atom is -0.497 e. The second-order valence-corrected chi connectivity index (χ2v) is 13.5. The molecular formula is C32H37N5O5S. The molecule has 1 aliphatic carbocycles. The van der Waals surface area contributed by atoms with Crippen molar-refractivity contribution in [3.05, 3.63) is 58.7 Å². The van der Waals surface area contributed by atoms with Crippen LogP contribution < -0.4 is 14.2 Å². The minimum absolute atomic E-state index is 0.00116. The van der Waals surface area contributed by atoms with Gasteiger partial charge in [0, 0.05) is 66.9 Å². The van der Waals surface area contributed by atoms with Crippen LogP contribution in [0.2, 0.25) is 0 Å². The lowest BCUT2D eigenvalue weighted by Gasteiger charge is -2.35. The third-order valence-electron chi connectivity index (χ3n) is 9.43. The molecule has 2 aromatic carbocycles. The summed E-state index contributed by atoms with van der Waals surface area (Å²) >= 11 is 0. The summed E-state index contributed by atoms with van der Waals surface area (Å²) in [6.45, 7) is 3.39. The molecule has 4 aliphatic heterocycles. The van der Waals surface area contributed by atoms with Crippen LogP contribution in [0, 0.1) is 0 Å². The largest absolute Gasteiger partial charge is 0.497 e. The van der Waals surface area contributed by atoms with Crippen LogP contribution in [0.3, 0.4) is 0 Å². The molecule has 0 spiro atoms. The molecule has 1 saturated carbocycles. The maximum absolute atomic E-state index is 14.2. The molecule has 6 bridgehead atoms. The van der Waals surface area contributed by atoms with E-state index in [0.717, 1.165) is 59.2 Å². The highest BCUT2D eigenvalue weighted by Crippen LogP contribution is 2.47. The van der Waals surface area contributed by atoms with Gasteiger partial charge in [-0.15, -0.1) is 0 Å². The van der Waals surface area contributed by atoms with Gasteiger partial charge < -0.3 is 14.2 Å². The average Bonchev–Trinajstić information content (AvgIpc) is 3.23. The number of hydrogen-bond acceptors (Lipinski definition) is 6. The van der Waals surface area contributed by atoms with Crippen molar-refractivity contribution in [1.82, 2.24) is 23.8 Å². The molecule has 2 amide bonds. The van der Waals surface area contributed by atoms with Crippen LogP contribution in [0.4, 0.5) is 0 Å². The van der Waals surface area contributed by atoms with Gasteiger partial charge in [-0.2, -0.15) is 13.1 Å². The van der Waals surface area contributed by atoms with E-state index in [1.165, 1.54) is 12.0 Å². The predicted octanol–water partition coefficient (Wildman–Crippen LogP) is 3.48. The lowest BCUT2D eigenvalue weighted by Crippen LogP contribution is -2.51. The number of nitrogens with one attached hydrogen (secondary N) is 2. The third-order valence-corrected chi connectivity index (χ3v) is 10.5. The number of hydrogen-bond donors (Lipinski definition) is 2. The number of rotatable bonds is 2. The maximum Gasteiger partial charge on any atom is 0.301 e. The van der Waals surface area contributed by atoms with Gasteiger partial charge in [-0.05, 0) is 66.3 Å². The van der Waals surface area contributed by atoms with E-state index in [0.29, 0.717) is 50.8 Å². The Bertz CT molecular complexity index is 1750. The lowest BCUT2D eigenvalue weighted by molar-refractivity contribution is -0.128. The van der Waals surface area contributed by atoms with Gasteiger partial charge in [0.05, 0.1) is 19.3 Å². The minimum atomic E-state index is -4.04. The van der Waals surface area contributed by atoms with Crippen LogP contribution in [-0.2, 0) is 21.5 Å². The van der Waals surface area contributed by atoms with E-state index in [2.05, 4.69) is 25.0 Å². The van der Waals surface area contributed by atoms with Gasteiger partial charge in [-0.3, -0.25) is 14.5 Å². The smallest absolute Gasteiger partial charge is 0.301 e. The van der Waals surface area contributed by atoms with E-state index < -0.39 is 16.1 Å². The summed E-state index contributed by atoms with van der Waals surface area (Å²) in [5, 5.41) is 1.04. The Morgan fingerprint density at radius 1 is 0.930 bits per heavy atom. The number of benzene rings is 2. The highest BCUT2D eigenvalue weighted by atomic mass is 32.2. The highest BCUT2D eigenvalue weighted by Gasteiger charge is 2.32. The van der Waals surface area contributed by atoms with Gasteiger partial charge in [0.25, 0.3) is 11.8 Å². The van der Waals surface area contributed by atoms with Crippen molar-refractivity contribution >= 4 is 39.0 Å². The number of fused-ring (bicyclic) bond motifs is 9. The summed E-state index contributed by atoms with van der Waals surface area (Å²) in [6.07, 6.45) is 7.70. The summed E-state index contributed by atoms with van der Waals surface area (Å²) in [4.78, 5) is 31.5. The highest BCUT2D eigenvalue weighted by molar-refractivity contribution is 7.88. The Hall–Kier alpha value is -3.67. The first-order valence-corrected chi connectivity index (χ1v) is 16.7. The summed E-state index contributed by atoms with van der Waals surface area (Å²) < 4.78 is 38.0. The summed E-state index contributed by atoms with van der Waals surface area (Å²) in [5.74, 6) is 0.380. The zero-order chi connectivity index (χ0) is 29.7. The maximum atomic E-state index is 14.2. The van der Waals surface area contributed by atoms with Crippen molar-refractivity contribution in [2.24, 2.45) is 0 Å². The normalized spacial score (nSPS) is 21.4. The topological polar surface area (TPSA) is 113 Å². The summed E-state index contributed by atoms with van der Waals surface area (Å²) in [7, 11) is -2.40. The van der Waals surface area contributed by atoms with Crippen LogP contribution in [-0.4, -0.2) is 81.0 Å². The van der Waals surface area contributed by atoms with E-state index >= 15 is 0 Å². The molecule has 5 heterocycles. The molecule has 1 aromatic heterocycles. The summed E-state index contributed by atoms with van der Waals surface area (Å²) in [5.41, 5.74) is 6.02. The zero-order valence-electron chi connectivity index (χ0n) is 24.4. The van der Waals surface area contributed by atoms with E-state index in [-0.39, 0.29) is 18.0 Å². The van der Waals surface area contributed by atoms with Gasteiger partial charge in [-0.25, -0.2) is 4.72 Å². The van der Waals surface area contributed by atoms with Crippen molar-refractivity contribution in [2.45, 2.75) is 44.6 Å². The van der Waals surface area contributed by atoms with E-state index in [1.807, 2.05) is 29.2 Å². The molecule has 0 atom stereocenters. The van der Waals surface area contributed by atoms with E-state index in [1.54, 1.807) is 19.2 Å². The molecule has 0 unspecified atom stereocenters. The van der Waals surface area contributed by atoms with Crippen molar-refractivity contribution in [2.75, 3.05) is 46.4 Å². The van der Waals surface area contributed by atoms with Crippen molar-refractivity contribution < 1.29 is 22.7 Å². The van der Waals surface area contributed by atoms with Gasteiger partial charge in [-0.1, -0.05) is 25.3 Å². The van der Waals surface area contributed by atoms with Crippen molar-refractivity contribution in [3.8, 4) is 17.0 Å². The molecule has 43 heavy (non-hydrogen) atoms. The van der Waals surface area contributed by atoms with Crippen LogP contribution in [0.5, 0.6) is 5.75 Å². The Labute approximate surface area is 251 Å². The van der Waals surface area contributed by atoms with Crippen LogP contribution in [0.15, 0.2) is 42.0 Å². The van der Waals surface area contributed by atoms with Crippen molar-refractivity contribution in [3.63, 3.8) is 0 Å². The molecule has 0 radical (unpaired) electrons. The number of nitrogens with zero attached hydrogens (tertiary/aromatic N) is 3. The Morgan fingerprint density at radius 2 is 1.72 bits per heavy atom. The number of carbonyl (C=O) groups is 2. The number of ether oxygens (including phenoxy) is 1. The number of amides is 2.